The van der Waals surface area contributed by atoms with Crippen LogP contribution in [-0.2, 0) is 26.1 Å². The van der Waals surface area contributed by atoms with Gasteiger partial charge in [-0.05, 0) is 23.8 Å². The largest absolute Gasteiger partial charge is 0.452 e. The summed E-state index contributed by atoms with van der Waals surface area (Å²) in [6.07, 6.45) is 3.11. The summed E-state index contributed by atoms with van der Waals surface area (Å²) < 4.78 is 32.6. The Morgan fingerprint density at radius 3 is 2.30 bits per heavy atom. The van der Waals surface area contributed by atoms with Crippen LogP contribution in [0.25, 0.3) is 0 Å². The van der Waals surface area contributed by atoms with E-state index in [1.54, 1.807) is 24.3 Å². The maximum atomic E-state index is 12.5. The van der Waals surface area contributed by atoms with Crippen LogP contribution in [0.4, 0.5) is 0 Å². The van der Waals surface area contributed by atoms with Gasteiger partial charge in [0.2, 0.25) is 10.0 Å². The molecule has 0 fully saturated rings. The Labute approximate surface area is 176 Å². The van der Waals surface area contributed by atoms with Crippen molar-refractivity contribution in [1.82, 2.24) is 9.62 Å². The Morgan fingerprint density at radius 1 is 1.00 bits per heavy atom. The van der Waals surface area contributed by atoms with Crippen LogP contribution in [0.15, 0.2) is 84.8 Å². The lowest BCUT2D eigenvalue weighted by Gasteiger charge is -2.19. The molecule has 0 saturated heterocycles. The van der Waals surface area contributed by atoms with E-state index >= 15 is 0 Å². The molecule has 30 heavy (non-hydrogen) atoms. The first-order chi connectivity index (χ1) is 14.4. The zero-order valence-electron chi connectivity index (χ0n) is 16.5. The summed E-state index contributed by atoms with van der Waals surface area (Å²) in [6, 6.07) is 14.5. The quantitative estimate of drug-likeness (QED) is 0.439. The molecule has 0 heterocycles. The number of hydrogen-bond acceptors (Lipinski definition) is 5. The number of nitrogens with one attached hydrogen (secondary N) is 1. The molecule has 0 aliphatic rings. The van der Waals surface area contributed by atoms with Gasteiger partial charge in [0.05, 0.1) is 10.5 Å². The van der Waals surface area contributed by atoms with E-state index in [-0.39, 0.29) is 17.0 Å². The summed E-state index contributed by atoms with van der Waals surface area (Å²) in [5, 5.41) is 0. The highest BCUT2D eigenvalue weighted by Crippen LogP contribution is 2.13. The molecule has 2 aromatic carbocycles. The predicted octanol–water partition coefficient (Wildman–Crippen LogP) is 2.52. The number of benzene rings is 2. The summed E-state index contributed by atoms with van der Waals surface area (Å²) >= 11 is 0. The Kier molecular flexibility index (Phi) is 8.52. The molecule has 0 spiro atoms. The molecule has 0 unspecified atom stereocenters. The van der Waals surface area contributed by atoms with E-state index in [0.29, 0.717) is 13.1 Å². The van der Waals surface area contributed by atoms with Crippen LogP contribution in [0.3, 0.4) is 0 Å². The minimum Gasteiger partial charge on any atom is -0.452 e. The SMILES string of the molecule is C=CCN(CC=C)C(=O)COC(=O)c1cccc(S(=O)(=O)NCc2ccccc2)c1. The Morgan fingerprint density at radius 2 is 1.67 bits per heavy atom. The molecule has 0 bridgehead atoms. The summed E-state index contributed by atoms with van der Waals surface area (Å²) in [4.78, 5) is 25.8. The Balaban J connectivity index is 2.02. The van der Waals surface area contributed by atoms with Gasteiger partial charge in [0.15, 0.2) is 6.61 Å². The number of carbonyl (C=O) groups excluding carboxylic acids is 2. The van der Waals surface area contributed by atoms with E-state index in [4.69, 9.17) is 4.74 Å². The third-order valence-electron chi connectivity index (χ3n) is 4.07. The van der Waals surface area contributed by atoms with Crippen LogP contribution >= 0.6 is 0 Å². The zero-order chi connectivity index (χ0) is 22.0. The lowest BCUT2D eigenvalue weighted by molar-refractivity contribution is -0.133. The minimum absolute atomic E-state index is 0.0318. The molecule has 7 nitrogen and oxygen atoms in total. The second-order valence-electron chi connectivity index (χ2n) is 6.29. The fourth-order valence-corrected chi connectivity index (χ4v) is 3.60. The third-order valence-corrected chi connectivity index (χ3v) is 5.47. The average molecular weight is 429 g/mol. The number of rotatable bonds is 11. The number of nitrogens with zero attached hydrogens (tertiary/aromatic N) is 1. The molecule has 1 amide bonds. The summed E-state index contributed by atoms with van der Waals surface area (Å²) in [6.45, 7) is 7.39. The van der Waals surface area contributed by atoms with Gasteiger partial charge in [0, 0.05) is 19.6 Å². The van der Waals surface area contributed by atoms with Crippen LogP contribution in [0.5, 0.6) is 0 Å². The predicted molar refractivity (Wildman–Crippen MR) is 114 cm³/mol. The van der Waals surface area contributed by atoms with Gasteiger partial charge in [-0.25, -0.2) is 17.9 Å². The van der Waals surface area contributed by atoms with E-state index in [1.165, 1.54) is 29.2 Å². The summed E-state index contributed by atoms with van der Waals surface area (Å²) in [5.41, 5.74) is 0.836. The van der Waals surface area contributed by atoms with Gasteiger partial charge < -0.3 is 9.64 Å². The van der Waals surface area contributed by atoms with Gasteiger partial charge in [-0.1, -0.05) is 48.6 Å². The highest BCUT2D eigenvalue weighted by atomic mass is 32.2. The topological polar surface area (TPSA) is 92.8 Å². The fraction of sp³-hybridized carbons (Fsp3) is 0.182. The molecular formula is C22H24N2O5S. The van der Waals surface area contributed by atoms with E-state index < -0.39 is 28.5 Å². The molecule has 8 heteroatoms. The molecule has 0 aromatic heterocycles. The molecule has 2 rings (SSSR count). The highest BCUT2D eigenvalue weighted by Gasteiger charge is 2.18. The molecule has 0 aliphatic carbocycles. The van der Waals surface area contributed by atoms with E-state index in [9.17, 15) is 18.0 Å². The van der Waals surface area contributed by atoms with Crippen molar-refractivity contribution in [3.63, 3.8) is 0 Å². The smallest absolute Gasteiger partial charge is 0.338 e. The van der Waals surface area contributed by atoms with Crippen molar-refractivity contribution in [3.8, 4) is 0 Å². The van der Waals surface area contributed by atoms with Crippen LogP contribution in [0, 0.1) is 0 Å². The highest BCUT2D eigenvalue weighted by molar-refractivity contribution is 7.89. The molecule has 0 radical (unpaired) electrons. The minimum atomic E-state index is -3.83. The molecule has 0 saturated carbocycles. The van der Waals surface area contributed by atoms with Crippen molar-refractivity contribution in [2.75, 3.05) is 19.7 Å². The maximum absolute atomic E-state index is 12.5. The Hall–Kier alpha value is -3.23. The number of sulfonamides is 1. The standard InChI is InChI=1S/C22H24N2O5S/c1-3-13-24(14-4-2)21(25)17-29-22(26)19-11-8-12-20(15-19)30(27,28)23-16-18-9-6-5-7-10-18/h3-12,15,23H,1-2,13-14,16-17H2. The van der Waals surface area contributed by atoms with Crippen LogP contribution < -0.4 is 4.72 Å². The lowest BCUT2D eigenvalue weighted by atomic mass is 10.2. The van der Waals surface area contributed by atoms with Gasteiger partial charge in [0.1, 0.15) is 0 Å². The van der Waals surface area contributed by atoms with Crippen molar-refractivity contribution in [2.24, 2.45) is 0 Å². The maximum Gasteiger partial charge on any atom is 0.338 e. The van der Waals surface area contributed by atoms with Gasteiger partial charge in [-0.15, -0.1) is 13.2 Å². The van der Waals surface area contributed by atoms with Crippen LogP contribution in [0.2, 0.25) is 0 Å². The average Bonchev–Trinajstić information content (AvgIpc) is 2.76. The molecule has 0 atom stereocenters. The molecular weight excluding hydrogens is 404 g/mol. The van der Waals surface area contributed by atoms with Gasteiger partial charge in [-0.2, -0.15) is 0 Å². The number of amides is 1. The van der Waals surface area contributed by atoms with E-state index in [0.717, 1.165) is 5.56 Å². The van der Waals surface area contributed by atoms with Gasteiger partial charge in [-0.3, -0.25) is 4.79 Å². The van der Waals surface area contributed by atoms with E-state index in [1.807, 2.05) is 18.2 Å². The van der Waals surface area contributed by atoms with Crippen LogP contribution in [-0.4, -0.2) is 44.9 Å². The second-order valence-corrected chi connectivity index (χ2v) is 8.06. The van der Waals surface area contributed by atoms with E-state index in [2.05, 4.69) is 17.9 Å². The number of ether oxygens (including phenoxy) is 1. The number of esters is 1. The molecule has 1 N–H and O–H groups in total. The number of carbonyl (C=O) groups is 2. The first-order valence-corrected chi connectivity index (χ1v) is 10.7. The second kappa shape index (κ2) is 11.1. The molecule has 2 aromatic rings. The zero-order valence-corrected chi connectivity index (χ0v) is 17.3. The lowest BCUT2D eigenvalue weighted by Crippen LogP contribution is -2.35. The fourth-order valence-electron chi connectivity index (χ4n) is 2.54. The summed E-state index contributed by atoms with van der Waals surface area (Å²) in [5.74, 6) is -1.20. The van der Waals surface area contributed by atoms with Crippen molar-refractivity contribution in [1.29, 1.82) is 0 Å². The van der Waals surface area contributed by atoms with Crippen molar-refractivity contribution in [2.45, 2.75) is 11.4 Å². The van der Waals surface area contributed by atoms with Gasteiger partial charge in [0.25, 0.3) is 5.91 Å². The number of hydrogen-bond donors (Lipinski definition) is 1. The monoisotopic (exact) mass is 428 g/mol. The van der Waals surface area contributed by atoms with Crippen molar-refractivity contribution in [3.05, 3.63) is 91.0 Å². The first-order valence-electron chi connectivity index (χ1n) is 9.17. The first kappa shape index (κ1) is 23.1. The Bertz CT molecular complexity index is 993. The third kappa shape index (κ3) is 6.68. The normalized spacial score (nSPS) is 10.8. The van der Waals surface area contributed by atoms with Crippen LogP contribution in [0.1, 0.15) is 15.9 Å². The molecule has 158 valence electrons. The molecule has 0 aliphatic heterocycles. The van der Waals surface area contributed by atoms with Gasteiger partial charge >= 0.3 is 5.97 Å². The van der Waals surface area contributed by atoms with Crippen molar-refractivity contribution >= 4 is 21.9 Å². The van der Waals surface area contributed by atoms with Crippen molar-refractivity contribution < 1.29 is 22.7 Å². The summed E-state index contributed by atoms with van der Waals surface area (Å²) in [7, 11) is -3.83.